The van der Waals surface area contributed by atoms with E-state index in [9.17, 15) is 9.59 Å². The summed E-state index contributed by atoms with van der Waals surface area (Å²) < 4.78 is 0. The van der Waals surface area contributed by atoms with Crippen molar-refractivity contribution in [1.82, 2.24) is 0 Å². The minimum atomic E-state index is -0.930. The average molecular weight is 434 g/mol. The van der Waals surface area contributed by atoms with Gasteiger partial charge in [0, 0.05) is 5.41 Å². The van der Waals surface area contributed by atoms with Gasteiger partial charge in [0.25, 0.3) is 0 Å². The van der Waals surface area contributed by atoms with Crippen molar-refractivity contribution in [2.75, 3.05) is 0 Å². The first-order chi connectivity index (χ1) is 15.8. The summed E-state index contributed by atoms with van der Waals surface area (Å²) in [4.78, 5) is 22.3. The third kappa shape index (κ3) is 3.40. The highest BCUT2D eigenvalue weighted by Crippen LogP contribution is 2.50. The van der Waals surface area contributed by atoms with Crippen molar-refractivity contribution in [3.05, 3.63) is 107 Å². The van der Waals surface area contributed by atoms with Crippen LogP contribution in [0.25, 0.3) is 33.4 Å². The van der Waals surface area contributed by atoms with Gasteiger partial charge in [0.15, 0.2) is 0 Å². The standard InChI is InChI=1S/C29H22O4/c1-29(2)25-15-21(17-3-7-19(8-4-17)27(30)31)11-13-23(25)24-14-12-22(16-26(24)29)18-5-9-20(10-6-18)28(32)33/h3-16H,1-2H3,(H,30,31)(H,32,33). The Morgan fingerprint density at radius 2 is 0.879 bits per heavy atom. The molecule has 33 heavy (non-hydrogen) atoms. The molecule has 0 heterocycles. The lowest BCUT2D eigenvalue weighted by atomic mass is 9.81. The molecular formula is C29H22O4. The second kappa shape index (κ2) is 7.45. The van der Waals surface area contributed by atoms with Crippen molar-refractivity contribution in [3.63, 3.8) is 0 Å². The quantitative estimate of drug-likeness (QED) is 0.374. The summed E-state index contributed by atoms with van der Waals surface area (Å²) >= 11 is 0. The van der Waals surface area contributed by atoms with Crippen LogP contribution in [-0.4, -0.2) is 22.2 Å². The summed E-state index contributed by atoms with van der Waals surface area (Å²) in [7, 11) is 0. The maximum atomic E-state index is 11.2. The van der Waals surface area contributed by atoms with Crippen molar-refractivity contribution in [3.8, 4) is 33.4 Å². The Hall–Kier alpha value is -4.18. The zero-order chi connectivity index (χ0) is 23.3. The molecule has 4 aromatic rings. The summed E-state index contributed by atoms with van der Waals surface area (Å²) in [5.41, 5.74) is 9.27. The summed E-state index contributed by atoms with van der Waals surface area (Å²) in [6.07, 6.45) is 0. The highest BCUT2D eigenvalue weighted by molar-refractivity contribution is 5.90. The zero-order valence-corrected chi connectivity index (χ0v) is 18.3. The second-order valence-electron chi connectivity index (χ2n) is 8.91. The molecule has 0 saturated carbocycles. The van der Waals surface area contributed by atoms with E-state index in [1.54, 1.807) is 24.3 Å². The summed E-state index contributed by atoms with van der Waals surface area (Å²) in [5.74, 6) is -1.86. The molecule has 0 aliphatic heterocycles. The minimum Gasteiger partial charge on any atom is -0.478 e. The van der Waals surface area contributed by atoms with E-state index in [1.165, 1.54) is 22.3 Å². The molecule has 1 aliphatic carbocycles. The fourth-order valence-corrected chi connectivity index (χ4v) is 4.71. The van der Waals surface area contributed by atoms with Crippen molar-refractivity contribution in [2.45, 2.75) is 19.3 Å². The Kier molecular flexibility index (Phi) is 4.68. The van der Waals surface area contributed by atoms with Gasteiger partial charge in [-0.2, -0.15) is 0 Å². The van der Waals surface area contributed by atoms with Crippen LogP contribution in [-0.2, 0) is 5.41 Å². The van der Waals surface area contributed by atoms with E-state index in [0.717, 1.165) is 22.3 Å². The number of carboxylic acid groups (broad SMARTS) is 2. The van der Waals surface area contributed by atoms with Gasteiger partial charge in [0.05, 0.1) is 11.1 Å². The van der Waals surface area contributed by atoms with Gasteiger partial charge in [0.1, 0.15) is 0 Å². The number of rotatable bonds is 4. The first-order valence-electron chi connectivity index (χ1n) is 10.7. The van der Waals surface area contributed by atoms with Crippen molar-refractivity contribution >= 4 is 11.9 Å². The largest absolute Gasteiger partial charge is 0.478 e. The summed E-state index contributed by atoms with van der Waals surface area (Å²) in [5, 5.41) is 18.3. The molecule has 4 nitrogen and oxygen atoms in total. The van der Waals surface area contributed by atoms with Gasteiger partial charge in [-0.05, 0) is 80.9 Å². The van der Waals surface area contributed by atoms with E-state index < -0.39 is 11.9 Å². The second-order valence-corrected chi connectivity index (χ2v) is 8.91. The lowest BCUT2D eigenvalue weighted by molar-refractivity contribution is 0.0686. The van der Waals surface area contributed by atoms with E-state index in [-0.39, 0.29) is 16.5 Å². The molecule has 1 aliphatic rings. The molecule has 0 amide bonds. The normalized spacial score (nSPS) is 13.3. The highest BCUT2D eigenvalue weighted by Gasteiger charge is 2.35. The molecule has 162 valence electrons. The van der Waals surface area contributed by atoms with E-state index in [1.807, 2.05) is 24.3 Å². The topological polar surface area (TPSA) is 74.6 Å². The van der Waals surface area contributed by atoms with Gasteiger partial charge < -0.3 is 10.2 Å². The van der Waals surface area contributed by atoms with Crippen LogP contribution in [0.2, 0.25) is 0 Å². The molecule has 0 radical (unpaired) electrons. The molecule has 5 rings (SSSR count). The number of fused-ring (bicyclic) bond motifs is 3. The van der Waals surface area contributed by atoms with Gasteiger partial charge in [0.2, 0.25) is 0 Å². The third-order valence-electron chi connectivity index (χ3n) is 6.61. The number of carbonyl (C=O) groups is 2. The monoisotopic (exact) mass is 434 g/mol. The SMILES string of the molecule is CC1(C)c2cc(-c3ccc(C(=O)O)cc3)ccc2-c2ccc(-c3ccc(C(=O)O)cc3)cc21. The Morgan fingerprint density at radius 3 is 1.21 bits per heavy atom. The van der Waals surface area contributed by atoms with Crippen LogP contribution < -0.4 is 0 Å². The number of hydrogen-bond donors (Lipinski definition) is 2. The van der Waals surface area contributed by atoms with Crippen LogP contribution in [0.4, 0.5) is 0 Å². The predicted molar refractivity (Wildman–Crippen MR) is 129 cm³/mol. The van der Waals surface area contributed by atoms with E-state index in [2.05, 4.69) is 50.2 Å². The first-order valence-corrected chi connectivity index (χ1v) is 10.7. The molecule has 4 heteroatoms. The number of carboxylic acids is 2. The molecule has 0 bridgehead atoms. The van der Waals surface area contributed by atoms with Crippen molar-refractivity contribution in [2.24, 2.45) is 0 Å². The van der Waals surface area contributed by atoms with Crippen LogP contribution in [0.5, 0.6) is 0 Å². The van der Waals surface area contributed by atoms with Crippen molar-refractivity contribution < 1.29 is 19.8 Å². The molecule has 0 unspecified atom stereocenters. The van der Waals surface area contributed by atoms with Crippen LogP contribution in [0.3, 0.4) is 0 Å². The molecule has 0 spiro atoms. The van der Waals surface area contributed by atoms with Gasteiger partial charge in [-0.3, -0.25) is 0 Å². The maximum absolute atomic E-state index is 11.2. The molecular weight excluding hydrogens is 412 g/mol. The molecule has 0 fully saturated rings. The van der Waals surface area contributed by atoms with Crippen molar-refractivity contribution in [1.29, 1.82) is 0 Å². The Bertz CT molecular complexity index is 1300. The summed E-state index contributed by atoms with van der Waals surface area (Å²) in [6.45, 7) is 4.43. The molecule has 0 aromatic heterocycles. The number of aromatic carboxylic acids is 2. The average Bonchev–Trinajstić information content (AvgIpc) is 3.05. The van der Waals surface area contributed by atoms with Gasteiger partial charge >= 0.3 is 11.9 Å². The molecule has 0 atom stereocenters. The Balaban J connectivity index is 1.54. The lowest BCUT2D eigenvalue weighted by Gasteiger charge is -2.22. The van der Waals surface area contributed by atoms with Crippen LogP contribution >= 0.6 is 0 Å². The van der Waals surface area contributed by atoms with Gasteiger partial charge in [-0.15, -0.1) is 0 Å². The highest BCUT2D eigenvalue weighted by atomic mass is 16.4. The molecule has 0 saturated heterocycles. The maximum Gasteiger partial charge on any atom is 0.335 e. The fraction of sp³-hybridized carbons (Fsp3) is 0.103. The smallest absolute Gasteiger partial charge is 0.335 e. The molecule has 4 aromatic carbocycles. The summed E-state index contributed by atoms with van der Waals surface area (Å²) in [6, 6.07) is 26.8. The molecule has 2 N–H and O–H groups in total. The number of benzene rings is 4. The Labute approximate surface area is 191 Å². The van der Waals surface area contributed by atoms with E-state index in [0.29, 0.717) is 0 Å². The Morgan fingerprint density at radius 1 is 0.545 bits per heavy atom. The van der Waals surface area contributed by atoms with Crippen LogP contribution in [0, 0.1) is 0 Å². The van der Waals surface area contributed by atoms with E-state index in [4.69, 9.17) is 10.2 Å². The minimum absolute atomic E-state index is 0.210. The van der Waals surface area contributed by atoms with Crippen LogP contribution in [0.15, 0.2) is 84.9 Å². The van der Waals surface area contributed by atoms with Crippen LogP contribution in [0.1, 0.15) is 45.7 Å². The van der Waals surface area contributed by atoms with Gasteiger partial charge in [-0.25, -0.2) is 9.59 Å². The third-order valence-corrected chi connectivity index (χ3v) is 6.61. The lowest BCUT2D eigenvalue weighted by Crippen LogP contribution is -2.15. The zero-order valence-electron chi connectivity index (χ0n) is 18.3. The fourth-order valence-electron chi connectivity index (χ4n) is 4.71. The number of hydrogen-bond acceptors (Lipinski definition) is 2. The van der Waals surface area contributed by atoms with Gasteiger partial charge in [-0.1, -0.05) is 62.4 Å². The predicted octanol–water partition coefficient (Wildman–Crippen LogP) is 6.72. The van der Waals surface area contributed by atoms with E-state index >= 15 is 0 Å². The first kappa shape index (κ1) is 20.7.